The zero-order valence-electron chi connectivity index (χ0n) is 17.0. The van der Waals surface area contributed by atoms with Gasteiger partial charge in [-0.3, -0.25) is 14.5 Å². The average Bonchev–Trinajstić information content (AvgIpc) is 3.08. The Bertz CT molecular complexity index is 1430. The minimum absolute atomic E-state index is 0.0142. The topological polar surface area (TPSA) is 80.0 Å². The Morgan fingerprint density at radius 3 is 2.66 bits per heavy atom. The molecule has 32 heavy (non-hydrogen) atoms. The van der Waals surface area contributed by atoms with Gasteiger partial charge in [0.15, 0.2) is 16.9 Å². The number of aromatic hydroxyl groups is 1. The number of fused-ring (bicyclic) bond motifs is 2. The standard InChI is InChI=1S/C25H18BrNO5/c1-2-31-20-12-14(10-11-18(20)28)22-21-23(29)17-8-3-4-9-19(17)32-24(21)25(30)27(22)16-7-5-6-15(26)13-16/h3-13,22,28H,2H2,1H3. The van der Waals surface area contributed by atoms with E-state index in [-0.39, 0.29) is 28.3 Å². The van der Waals surface area contributed by atoms with Crippen LogP contribution in [0, 0.1) is 0 Å². The first-order valence-electron chi connectivity index (χ1n) is 10.1. The predicted molar refractivity (Wildman–Crippen MR) is 125 cm³/mol. The van der Waals surface area contributed by atoms with Gasteiger partial charge in [-0.2, -0.15) is 0 Å². The van der Waals surface area contributed by atoms with E-state index in [0.29, 0.717) is 28.8 Å². The van der Waals surface area contributed by atoms with Gasteiger partial charge >= 0.3 is 0 Å². The summed E-state index contributed by atoms with van der Waals surface area (Å²) in [5, 5.41) is 10.6. The van der Waals surface area contributed by atoms with Crippen LogP contribution >= 0.6 is 15.9 Å². The molecule has 7 heteroatoms. The molecule has 1 unspecified atom stereocenters. The molecule has 2 heterocycles. The van der Waals surface area contributed by atoms with Gasteiger partial charge in [0.1, 0.15) is 5.58 Å². The molecule has 1 aliphatic heterocycles. The van der Waals surface area contributed by atoms with Crippen LogP contribution < -0.4 is 15.1 Å². The lowest BCUT2D eigenvalue weighted by molar-refractivity contribution is 0.0971. The number of carbonyl (C=O) groups excluding carboxylic acids is 1. The minimum Gasteiger partial charge on any atom is -0.504 e. The molecule has 0 bridgehead atoms. The monoisotopic (exact) mass is 491 g/mol. The fourth-order valence-electron chi connectivity index (χ4n) is 4.10. The largest absolute Gasteiger partial charge is 0.504 e. The van der Waals surface area contributed by atoms with Crippen LogP contribution in [0.2, 0.25) is 0 Å². The molecular formula is C25H18BrNO5. The highest BCUT2D eigenvalue weighted by atomic mass is 79.9. The first-order chi connectivity index (χ1) is 15.5. The van der Waals surface area contributed by atoms with E-state index in [0.717, 1.165) is 4.47 Å². The number of ether oxygens (including phenoxy) is 1. The summed E-state index contributed by atoms with van der Waals surface area (Å²) < 4.78 is 12.3. The molecule has 3 aromatic carbocycles. The number of carbonyl (C=O) groups is 1. The van der Waals surface area contributed by atoms with Gasteiger partial charge in [0.2, 0.25) is 5.76 Å². The molecule has 0 saturated heterocycles. The predicted octanol–water partition coefficient (Wildman–Crippen LogP) is 5.41. The van der Waals surface area contributed by atoms with Crippen LogP contribution in [0.25, 0.3) is 11.0 Å². The van der Waals surface area contributed by atoms with E-state index in [1.807, 2.05) is 25.1 Å². The molecule has 1 N–H and O–H groups in total. The fraction of sp³-hybridized carbons (Fsp3) is 0.120. The number of rotatable bonds is 4. The number of amides is 1. The summed E-state index contributed by atoms with van der Waals surface area (Å²) in [6.45, 7) is 2.17. The Morgan fingerprint density at radius 2 is 1.88 bits per heavy atom. The van der Waals surface area contributed by atoms with Gasteiger partial charge in [0.25, 0.3) is 5.91 Å². The third-order valence-corrected chi connectivity index (χ3v) is 5.96. The summed E-state index contributed by atoms with van der Waals surface area (Å²) >= 11 is 3.46. The SMILES string of the molecule is CCOc1cc(C2c3c(oc4ccccc4c3=O)C(=O)N2c2cccc(Br)c2)ccc1O. The Morgan fingerprint density at radius 1 is 1.06 bits per heavy atom. The highest BCUT2D eigenvalue weighted by Gasteiger charge is 2.43. The van der Waals surface area contributed by atoms with Gasteiger partial charge in [0, 0.05) is 10.2 Å². The summed E-state index contributed by atoms with van der Waals surface area (Å²) in [6, 6.07) is 18.3. The maximum absolute atomic E-state index is 13.6. The van der Waals surface area contributed by atoms with Gasteiger partial charge in [-0.15, -0.1) is 0 Å². The molecule has 1 aromatic heterocycles. The van der Waals surface area contributed by atoms with Crippen molar-refractivity contribution in [2.24, 2.45) is 0 Å². The number of halogens is 1. The summed E-state index contributed by atoms with van der Waals surface area (Å²) in [6.07, 6.45) is 0. The smallest absolute Gasteiger partial charge is 0.295 e. The van der Waals surface area contributed by atoms with Crippen molar-refractivity contribution in [3.05, 3.63) is 98.3 Å². The van der Waals surface area contributed by atoms with Crippen molar-refractivity contribution in [1.82, 2.24) is 0 Å². The van der Waals surface area contributed by atoms with Crippen LogP contribution in [0.1, 0.15) is 34.6 Å². The highest BCUT2D eigenvalue weighted by Crippen LogP contribution is 2.43. The van der Waals surface area contributed by atoms with Crippen LogP contribution in [0.15, 0.2) is 80.4 Å². The van der Waals surface area contributed by atoms with Crippen molar-refractivity contribution < 1.29 is 19.1 Å². The molecule has 160 valence electrons. The zero-order valence-corrected chi connectivity index (χ0v) is 18.6. The molecule has 1 atom stereocenters. The molecule has 0 aliphatic carbocycles. The number of benzene rings is 3. The molecular weight excluding hydrogens is 474 g/mol. The van der Waals surface area contributed by atoms with E-state index < -0.39 is 11.9 Å². The Hall–Kier alpha value is -3.58. The molecule has 0 spiro atoms. The van der Waals surface area contributed by atoms with E-state index in [2.05, 4.69) is 15.9 Å². The van der Waals surface area contributed by atoms with Crippen molar-refractivity contribution in [2.45, 2.75) is 13.0 Å². The van der Waals surface area contributed by atoms with Gasteiger partial charge in [-0.05, 0) is 55.0 Å². The third kappa shape index (κ3) is 3.17. The van der Waals surface area contributed by atoms with Gasteiger partial charge in [-0.25, -0.2) is 0 Å². The fourth-order valence-corrected chi connectivity index (χ4v) is 4.49. The first kappa shape index (κ1) is 20.3. The van der Waals surface area contributed by atoms with E-state index >= 15 is 0 Å². The van der Waals surface area contributed by atoms with Crippen molar-refractivity contribution in [3.8, 4) is 11.5 Å². The average molecular weight is 492 g/mol. The molecule has 0 fully saturated rings. The number of hydrogen-bond donors (Lipinski definition) is 1. The second kappa shape index (κ2) is 7.84. The van der Waals surface area contributed by atoms with E-state index in [1.165, 1.54) is 6.07 Å². The van der Waals surface area contributed by atoms with E-state index in [9.17, 15) is 14.7 Å². The van der Waals surface area contributed by atoms with Crippen molar-refractivity contribution in [1.29, 1.82) is 0 Å². The van der Waals surface area contributed by atoms with Gasteiger partial charge < -0.3 is 14.3 Å². The number of hydrogen-bond acceptors (Lipinski definition) is 5. The summed E-state index contributed by atoms with van der Waals surface area (Å²) in [5.41, 5.74) is 1.60. The second-order valence-corrected chi connectivity index (χ2v) is 8.30. The van der Waals surface area contributed by atoms with Crippen LogP contribution in [0.3, 0.4) is 0 Å². The van der Waals surface area contributed by atoms with Crippen molar-refractivity contribution in [3.63, 3.8) is 0 Å². The molecule has 1 aliphatic rings. The number of para-hydroxylation sites is 1. The summed E-state index contributed by atoms with van der Waals surface area (Å²) in [5.74, 6) is -0.119. The summed E-state index contributed by atoms with van der Waals surface area (Å²) in [7, 11) is 0. The maximum atomic E-state index is 13.6. The number of anilines is 1. The minimum atomic E-state index is -0.743. The Balaban J connectivity index is 1.80. The van der Waals surface area contributed by atoms with Crippen LogP contribution in [0.4, 0.5) is 5.69 Å². The molecule has 5 rings (SSSR count). The normalized spacial score (nSPS) is 15.2. The van der Waals surface area contributed by atoms with Crippen LogP contribution in [-0.2, 0) is 0 Å². The molecule has 1 amide bonds. The van der Waals surface area contributed by atoms with Crippen LogP contribution in [-0.4, -0.2) is 17.6 Å². The van der Waals surface area contributed by atoms with E-state index in [4.69, 9.17) is 9.15 Å². The second-order valence-electron chi connectivity index (χ2n) is 7.39. The lowest BCUT2D eigenvalue weighted by Gasteiger charge is -2.26. The van der Waals surface area contributed by atoms with E-state index in [1.54, 1.807) is 47.4 Å². The third-order valence-electron chi connectivity index (χ3n) is 5.46. The first-order valence-corrected chi connectivity index (χ1v) is 10.9. The molecule has 0 saturated carbocycles. The van der Waals surface area contributed by atoms with Crippen molar-refractivity contribution >= 4 is 38.5 Å². The molecule has 4 aromatic rings. The lowest BCUT2D eigenvalue weighted by Crippen LogP contribution is -2.29. The number of nitrogens with zero attached hydrogens (tertiary/aromatic N) is 1. The Labute approximate surface area is 191 Å². The van der Waals surface area contributed by atoms with Gasteiger partial charge in [0.05, 0.1) is 23.6 Å². The zero-order chi connectivity index (χ0) is 22.4. The number of phenols is 1. The molecule has 6 nitrogen and oxygen atoms in total. The lowest BCUT2D eigenvalue weighted by atomic mass is 9.97. The number of phenolic OH excluding ortho intramolecular Hbond substituents is 1. The quantitative estimate of drug-likeness (QED) is 0.412. The maximum Gasteiger partial charge on any atom is 0.295 e. The molecule has 0 radical (unpaired) electrons. The van der Waals surface area contributed by atoms with Crippen molar-refractivity contribution in [2.75, 3.05) is 11.5 Å². The highest BCUT2D eigenvalue weighted by molar-refractivity contribution is 9.10. The summed E-state index contributed by atoms with van der Waals surface area (Å²) in [4.78, 5) is 28.6. The van der Waals surface area contributed by atoms with Crippen LogP contribution in [0.5, 0.6) is 11.5 Å². The Kier molecular flexibility index (Phi) is 4.98. The van der Waals surface area contributed by atoms with Gasteiger partial charge in [-0.1, -0.05) is 40.2 Å².